The molecule has 0 atom stereocenters. The van der Waals surface area contributed by atoms with E-state index in [9.17, 15) is 0 Å². The Kier molecular flexibility index (Phi) is 3.91. The maximum absolute atomic E-state index is 6.15. The second-order valence-corrected chi connectivity index (χ2v) is 5.19. The van der Waals surface area contributed by atoms with Crippen molar-refractivity contribution in [1.82, 2.24) is 0 Å². The topological polar surface area (TPSA) is 38.0 Å². The van der Waals surface area contributed by atoms with Crippen LogP contribution in [0.25, 0.3) is 0 Å². The van der Waals surface area contributed by atoms with E-state index in [1.807, 2.05) is 6.92 Å². The first-order valence-electron chi connectivity index (χ1n) is 5.25. The third-order valence-electron chi connectivity index (χ3n) is 2.53. The van der Waals surface area contributed by atoms with Crippen molar-refractivity contribution in [2.24, 2.45) is 0 Å². The Morgan fingerprint density at radius 3 is 2.33 bits per heavy atom. The Morgan fingerprint density at radius 2 is 1.67 bits per heavy atom. The van der Waals surface area contributed by atoms with Gasteiger partial charge < -0.3 is 11.1 Å². The SMILES string of the molecule is Cc1cc(Cl)c(Nc2ccc(Cl)cc2N)cc1Cl. The molecule has 2 aromatic carbocycles. The van der Waals surface area contributed by atoms with E-state index in [1.165, 1.54) is 0 Å². The molecule has 0 unspecified atom stereocenters. The Labute approximate surface area is 121 Å². The number of hydrogen-bond acceptors (Lipinski definition) is 2. The molecule has 2 rings (SSSR count). The molecule has 0 bridgehead atoms. The van der Waals surface area contributed by atoms with Gasteiger partial charge in [-0.15, -0.1) is 0 Å². The van der Waals surface area contributed by atoms with Crippen LogP contribution in [0.15, 0.2) is 30.3 Å². The van der Waals surface area contributed by atoms with Gasteiger partial charge in [-0.2, -0.15) is 0 Å². The molecule has 0 heterocycles. The zero-order valence-electron chi connectivity index (χ0n) is 9.60. The molecule has 0 saturated heterocycles. The summed E-state index contributed by atoms with van der Waals surface area (Å²) in [6.45, 7) is 1.90. The number of rotatable bonds is 2. The van der Waals surface area contributed by atoms with Crippen LogP contribution in [0.3, 0.4) is 0 Å². The molecular weight excluding hydrogens is 291 g/mol. The van der Waals surface area contributed by atoms with Crippen LogP contribution in [0.1, 0.15) is 5.56 Å². The Morgan fingerprint density at radius 1 is 0.944 bits per heavy atom. The molecule has 0 aliphatic rings. The molecule has 18 heavy (non-hydrogen) atoms. The van der Waals surface area contributed by atoms with Crippen LogP contribution in [-0.4, -0.2) is 0 Å². The third-order valence-corrected chi connectivity index (χ3v) is 3.49. The monoisotopic (exact) mass is 300 g/mol. The van der Waals surface area contributed by atoms with Gasteiger partial charge in [0.25, 0.3) is 0 Å². The van der Waals surface area contributed by atoms with Crippen LogP contribution in [0.2, 0.25) is 15.1 Å². The Bertz CT molecular complexity index is 597. The number of nitrogens with two attached hydrogens (primary N) is 1. The van der Waals surface area contributed by atoms with Crippen molar-refractivity contribution in [3.8, 4) is 0 Å². The number of aryl methyl sites for hydroxylation is 1. The van der Waals surface area contributed by atoms with Gasteiger partial charge in [0.05, 0.1) is 22.1 Å². The summed E-state index contributed by atoms with van der Waals surface area (Å²) in [5.74, 6) is 0. The lowest BCUT2D eigenvalue weighted by molar-refractivity contribution is 1.45. The van der Waals surface area contributed by atoms with E-state index in [-0.39, 0.29) is 0 Å². The number of nitrogen functional groups attached to an aromatic ring is 1. The van der Waals surface area contributed by atoms with Crippen molar-refractivity contribution in [3.05, 3.63) is 51.0 Å². The summed E-state index contributed by atoms with van der Waals surface area (Å²) in [4.78, 5) is 0. The highest BCUT2D eigenvalue weighted by Crippen LogP contribution is 2.33. The zero-order valence-corrected chi connectivity index (χ0v) is 11.9. The van der Waals surface area contributed by atoms with Crippen LogP contribution in [0.5, 0.6) is 0 Å². The molecule has 0 aliphatic heterocycles. The lowest BCUT2D eigenvalue weighted by Crippen LogP contribution is -1.97. The van der Waals surface area contributed by atoms with Crippen LogP contribution in [0, 0.1) is 6.92 Å². The summed E-state index contributed by atoms with van der Waals surface area (Å²) in [7, 11) is 0. The van der Waals surface area contributed by atoms with Gasteiger partial charge >= 0.3 is 0 Å². The van der Waals surface area contributed by atoms with E-state index in [1.54, 1.807) is 30.3 Å². The van der Waals surface area contributed by atoms with Gasteiger partial charge in [0.1, 0.15) is 0 Å². The van der Waals surface area contributed by atoms with E-state index in [0.29, 0.717) is 26.4 Å². The van der Waals surface area contributed by atoms with Crippen molar-refractivity contribution in [3.63, 3.8) is 0 Å². The van der Waals surface area contributed by atoms with Crippen LogP contribution in [-0.2, 0) is 0 Å². The first-order valence-corrected chi connectivity index (χ1v) is 6.38. The van der Waals surface area contributed by atoms with Crippen molar-refractivity contribution in [1.29, 1.82) is 0 Å². The Hall–Kier alpha value is -1.09. The van der Waals surface area contributed by atoms with E-state index in [2.05, 4.69) is 5.32 Å². The van der Waals surface area contributed by atoms with Crippen LogP contribution >= 0.6 is 34.8 Å². The first-order chi connectivity index (χ1) is 8.47. The first kappa shape index (κ1) is 13.3. The zero-order chi connectivity index (χ0) is 13.3. The lowest BCUT2D eigenvalue weighted by atomic mass is 10.2. The molecule has 3 N–H and O–H groups in total. The third kappa shape index (κ3) is 2.83. The molecule has 94 valence electrons. The van der Waals surface area contributed by atoms with Gasteiger partial charge in [0.2, 0.25) is 0 Å². The molecule has 0 saturated carbocycles. The maximum Gasteiger partial charge on any atom is 0.0644 e. The largest absolute Gasteiger partial charge is 0.397 e. The molecule has 0 radical (unpaired) electrons. The molecular formula is C13H11Cl3N2. The smallest absolute Gasteiger partial charge is 0.0644 e. The highest BCUT2D eigenvalue weighted by molar-refractivity contribution is 6.36. The van der Waals surface area contributed by atoms with Crippen LogP contribution in [0.4, 0.5) is 17.1 Å². The van der Waals surface area contributed by atoms with Crippen LogP contribution < -0.4 is 11.1 Å². The Balaban J connectivity index is 2.37. The predicted octanol–water partition coefficient (Wildman–Crippen LogP) is 5.28. The molecule has 5 heteroatoms. The summed E-state index contributed by atoms with van der Waals surface area (Å²) in [5, 5.41) is 4.96. The van der Waals surface area contributed by atoms with Crippen molar-refractivity contribution in [2.45, 2.75) is 6.92 Å². The number of halogens is 3. The quantitative estimate of drug-likeness (QED) is 0.740. The fraction of sp³-hybridized carbons (Fsp3) is 0.0769. The highest BCUT2D eigenvalue weighted by atomic mass is 35.5. The highest BCUT2D eigenvalue weighted by Gasteiger charge is 2.07. The molecule has 2 nitrogen and oxygen atoms in total. The lowest BCUT2D eigenvalue weighted by Gasteiger charge is -2.12. The minimum Gasteiger partial charge on any atom is -0.397 e. The number of nitrogens with one attached hydrogen (secondary N) is 1. The van der Waals surface area contributed by atoms with Gasteiger partial charge in [-0.25, -0.2) is 0 Å². The molecule has 2 aromatic rings. The second kappa shape index (κ2) is 5.27. The summed E-state index contributed by atoms with van der Waals surface area (Å²) < 4.78 is 0. The number of benzene rings is 2. The van der Waals surface area contributed by atoms with Gasteiger partial charge in [-0.1, -0.05) is 34.8 Å². The average Bonchev–Trinajstić information content (AvgIpc) is 2.29. The fourth-order valence-corrected chi connectivity index (χ4v) is 2.14. The molecule has 0 aromatic heterocycles. The van der Waals surface area contributed by atoms with E-state index in [4.69, 9.17) is 40.5 Å². The summed E-state index contributed by atoms with van der Waals surface area (Å²) in [6, 6.07) is 8.80. The normalized spacial score (nSPS) is 10.4. The standard InChI is InChI=1S/C13H11Cl3N2/c1-7-4-10(16)13(6-9(7)15)18-12-3-2-8(14)5-11(12)17/h2-6,18H,17H2,1H3. The van der Waals surface area contributed by atoms with Crippen molar-refractivity contribution in [2.75, 3.05) is 11.1 Å². The van der Waals surface area contributed by atoms with E-state index >= 15 is 0 Å². The van der Waals surface area contributed by atoms with Crippen molar-refractivity contribution < 1.29 is 0 Å². The van der Waals surface area contributed by atoms with Gasteiger partial charge in [-0.3, -0.25) is 0 Å². The number of anilines is 3. The maximum atomic E-state index is 6.15. The van der Waals surface area contributed by atoms with Gasteiger partial charge in [-0.05, 0) is 42.8 Å². The summed E-state index contributed by atoms with van der Waals surface area (Å²) in [5.41, 5.74) is 8.79. The molecule has 0 amide bonds. The van der Waals surface area contributed by atoms with Gasteiger partial charge in [0, 0.05) is 10.0 Å². The summed E-state index contributed by atoms with van der Waals surface area (Å²) >= 11 is 18.1. The minimum atomic E-state index is 0.551. The van der Waals surface area contributed by atoms with E-state index < -0.39 is 0 Å². The second-order valence-electron chi connectivity index (χ2n) is 3.94. The fourth-order valence-electron chi connectivity index (χ4n) is 1.53. The number of hydrogen-bond donors (Lipinski definition) is 2. The minimum absolute atomic E-state index is 0.551. The van der Waals surface area contributed by atoms with Crippen molar-refractivity contribution >= 4 is 51.9 Å². The van der Waals surface area contributed by atoms with Gasteiger partial charge in [0.15, 0.2) is 0 Å². The average molecular weight is 302 g/mol. The predicted molar refractivity (Wildman–Crippen MR) is 80.3 cm³/mol. The molecule has 0 spiro atoms. The van der Waals surface area contributed by atoms with E-state index in [0.717, 1.165) is 11.3 Å². The molecule has 0 aliphatic carbocycles. The molecule has 0 fully saturated rings. The summed E-state index contributed by atoms with van der Waals surface area (Å²) in [6.07, 6.45) is 0.